The molecule has 3 fully saturated rings. The summed E-state index contributed by atoms with van der Waals surface area (Å²) in [6.07, 6.45) is -2.70. The zero-order chi connectivity index (χ0) is 37.1. The molecule has 272 valence electrons. The van der Waals surface area contributed by atoms with Gasteiger partial charge in [-0.2, -0.15) is 26.3 Å². The Kier molecular flexibility index (Phi) is 11.7. The monoisotopic (exact) mass is 705 g/mol. The van der Waals surface area contributed by atoms with E-state index in [1.807, 2.05) is 19.1 Å². The highest BCUT2D eigenvalue weighted by Crippen LogP contribution is 2.65. The van der Waals surface area contributed by atoms with E-state index in [9.17, 15) is 31.1 Å². The first kappa shape index (κ1) is 39.1. The van der Waals surface area contributed by atoms with Gasteiger partial charge in [0.15, 0.2) is 5.96 Å². The number of carboxylic acid groups (broad SMARTS) is 2. The lowest BCUT2D eigenvalue weighted by atomic mass is 9.69. The smallest absolute Gasteiger partial charge is 0.475 e. The van der Waals surface area contributed by atoms with Crippen LogP contribution in [0.1, 0.15) is 81.9 Å². The van der Waals surface area contributed by atoms with Crippen molar-refractivity contribution in [2.75, 3.05) is 5.32 Å². The van der Waals surface area contributed by atoms with Gasteiger partial charge < -0.3 is 32.3 Å². The number of carbonyl (C=O) groups is 3. The molecule has 18 heteroatoms. The highest BCUT2D eigenvalue weighted by atomic mass is 19.4. The van der Waals surface area contributed by atoms with Crippen LogP contribution in [-0.2, 0) is 9.59 Å². The summed E-state index contributed by atoms with van der Waals surface area (Å²) < 4.78 is 63.5. The minimum Gasteiger partial charge on any atom is -0.475 e. The van der Waals surface area contributed by atoms with Gasteiger partial charge >= 0.3 is 24.3 Å². The van der Waals surface area contributed by atoms with E-state index in [0.29, 0.717) is 11.7 Å². The molecule has 8 N–H and O–H groups in total. The minimum absolute atomic E-state index is 0.0166. The number of aliphatic imine (C=N–C) groups is 1. The molecule has 0 spiro atoms. The quantitative estimate of drug-likeness (QED) is 0.137. The second-order valence-electron chi connectivity index (χ2n) is 13.3. The first-order valence-electron chi connectivity index (χ1n) is 15.5. The molecule has 3 saturated carbocycles. The van der Waals surface area contributed by atoms with E-state index in [0.717, 1.165) is 55.0 Å². The Morgan fingerprint density at radius 2 is 1.51 bits per heavy atom. The van der Waals surface area contributed by atoms with Crippen molar-refractivity contribution in [1.29, 1.82) is 0 Å². The van der Waals surface area contributed by atoms with E-state index < -0.39 is 24.3 Å². The highest BCUT2D eigenvalue weighted by molar-refractivity contribution is 5.97. The number of hydrogen-bond acceptors (Lipinski definition) is 7. The summed E-state index contributed by atoms with van der Waals surface area (Å²) in [4.78, 5) is 45.2. The van der Waals surface area contributed by atoms with E-state index in [2.05, 4.69) is 47.4 Å². The lowest BCUT2D eigenvalue weighted by Crippen LogP contribution is -2.47. The Labute approximate surface area is 278 Å². The molecule has 5 rings (SSSR count). The molecule has 5 atom stereocenters. The number of alkyl halides is 6. The second-order valence-corrected chi connectivity index (χ2v) is 13.3. The lowest BCUT2D eigenvalue weighted by Gasteiger charge is -2.39. The molecule has 2 bridgehead atoms. The number of fused-ring (bicyclic) bond motifs is 3. The summed E-state index contributed by atoms with van der Waals surface area (Å²) in [5.74, 6) is -4.08. The van der Waals surface area contributed by atoms with Crippen molar-refractivity contribution >= 4 is 40.5 Å². The number of carboxylic acids is 2. The number of anilines is 1. The van der Waals surface area contributed by atoms with Crippen LogP contribution in [0, 0.1) is 23.7 Å². The van der Waals surface area contributed by atoms with Crippen LogP contribution >= 0.6 is 0 Å². The molecule has 2 aromatic rings. The maximum absolute atomic E-state index is 13.5. The molecule has 3 aliphatic carbocycles. The average molecular weight is 706 g/mol. The lowest BCUT2D eigenvalue weighted by molar-refractivity contribution is -0.193. The van der Waals surface area contributed by atoms with Gasteiger partial charge in [0.05, 0.1) is 17.6 Å². The first-order chi connectivity index (χ1) is 22.5. The van der Waals surface area contributed by atoms with Crippen LogP contribution in [0.5, 0.6) is 0 Å². The number of nitrogens with two attached hydrogens (primary N) is 2. The van der Waals surface area contributed by atoms with Gasteiger partial charge in [0, 0.05) is 11.4 Å². The number of aromatic nitrogens is 2. The largest absolute Gasteiger partial charge is 0.490 e. The molecule has 3 aliphatic rings. The van der Waals surface area contributed by atoms with Crippen molar-refractivity contribution in [3.05, 3.63) is 29.6 Å². The first-order valence-corrected chi connectivity index (χ1v) is 15.5. The predicted molar refractivity (Wildman–Crippen MR) is 168 cm³/mol. The number of rotatable bonds is 5. The van der Waals surface area contributed by atoms with Crippen molar-refractivity contribution in [2.24, 2.45) is 33.2 Å². The predicted octanol–water partition coefficient (Wildman–Crippen LogP) is 5.15. The maximum Gasteiger partial charge on any atom is 0.490 e. The van der Waals surface area contributed by atoms with Crippen molar-refractivity contribution in [2.45, 2.75) is 103 Å². The average Bonchev–Trinajstić information content (AvgIpc) is 3.31. The van der Waals surface area contributed by atoms with Gasteiger partial charge in [-0.15, -0.1) is 0 Å². The van der Waals surface area contributed by atoms with Crippen molar-refractivity contribution in [3.63, 3.8) is 0 Å². The van der Waals surface area contributed by atoms with Crippen molar-refractivity contribution in [3.8, 4) is 0 Å². The number of guanidine groups is 1. The van der Waals surface area contributed by atoms with Gasteiger partial charge in [-0.25, -0.2) is 24.5 Å². The molecular formula is C31H41F6N7O5. The Morgan fingerprint density at radius 3 is 2.00 bits per heavy atom. The molecule has 5 unspecified atom stereocenters. The molecule has 1 amide bonds. The van der Waals surface area contributed by atoms with Gasteiger partial charge in [0.1, 0.15) is 5.82 Å². The van der Waals surface area contributed by atoms with Crippen molar-refractivity contribution in [1.82, 2.24) is 15.3 Å². The maximum atomic E-state index is 13.5. The zero-order valence-corrected chi connectivity index (χ0v) is 27.4. The van der Waals surface area contributed by atoms with Gasteiger partial charge in [0.25, 0.3) is 5.91 Å². The third-order valence-electron chi connectivity index (χ3n) is 10.0. The SMILES string of the molecule is Cc1ccc2nc(C(=O)NC3CC4CCC3(C)C4(C)C)nc(NC3CCCCC3N=C(N)N)c2c1.O=C(O)C(F)(F)F.O=C(O)C(F)(F)F. The number of aliphatic carboxylic acids is 2. The normalized spacial score (nSPS) is 25.6. The summed E-state index contributed by atoms with van der Waals surface area (Å²) in [6, 6.07) is 6.22. The van der Waals surface area contributed by atoms with Crippen molar-refractivity contribution < 1.29 is 50.9 Å². The number of amides is 1. The Balaban J connectivity index is 0.000000392. The fraction of sp³-hybridized carbons (Fsp3) is 0.613. The Bertz CT molecular complexity index is 1550. The number of halogens is 6. The van der Waals surface area contributed by atoms with E-state index in [4.69, 9.17) is 36.3 Å². The zero-order valence-electron chi connectivity index (χ0n) is 27.4. The molecule has 12 nitrogen and oxygen atoms in total. The molecule has 1 aromatic heterocycles. The number of nitrogens with one attached hydrogen (secondary N) is 2. The number of benzene rings is 1. The number of aryl methyl sites for hydroxylation is 1. The Morgan fingerprint density at radius 1 is 0.939 bits per heavy atom. The molecular weight excluding hydrogens is 664 g/mol. The Hall–Kier alpha value is -4.38. The molecule has 1 heterocycles. The third kappa shape index (κ3) is 9.20. The van der Waals surface area contributed by atoms with Crippen LogP contribution in [0.15, 0.2) is 23.2 Å². The molecule has 1 aromatic carbocycles. The van der Waals surface area contributed by atoms with E-state index in [1.54, 1.807) is 0 Å². The number of hydrogen-bond donors (Lipinski definition) is 6. The van der Waals surface area contributed by atoms with Crippen LogP contribution in [0.25, 0.3) is 10.9 Å². The summed E-state index contributed by atoms with van der Waals surface area (Å²) in [5.41, 5.74) is 13.6. The van der Waals surface area contributed by atoms with Gasteiger partial charge in [-0.1, -0.05) is 45.2 Å². The van der Waals surface area contributed by atoms with E-state index in [-0.39, 0.29) is 46.6 Å². The summed E-state index contributed by atoms with van der Waals surface area (Å²) >= 11 is 0. The fourth-order valence-electron chi connectivity index (χ4n) is 6.90. The summed E-state index contributed by atoms with van der Waals surface area (Å²) in [5, 5.41) is 22.1. The second kappa shape index (κ2) is 14.6. The molecule has 49 heavy (non-hydrogen) atoms. The van der Waals surface area contributed by atoms with E-state index in [1.165, 1.54) is 6.42 Å². The van der Waals surface area contributed by atoms with Crippen LogP contribution in [0.3, 0.4) is 0 Å². The minimum atomic E-state index is -5.08. The fourth-order valence-corrected chi connectivity index (χ4v) is 6.90. The van der Waals surface area contributed by atoms with Crippen LogP contribution < -0.4 is 22.1 Å². The van der Waals surface area contributed by atoms with Crippen LogP contribution in [0.2, 0.25) is 0 Å². The third-order valence-corrected chi connectivity index (χ3v) is 10.0. The number of carbonyl (C=O) groups excluding carboxylic acids is 1. The van der Waals surface area contributed by atoms with E-state index >= 15 is 0 Å². The van der Waals surface area contributed by atoms with Gasteiger partial charge in [-0.05, 0) is 67.9 Å². The highest BCUT2D eigenvalue weighted by Gasteiger charge is 2.61. The summed E-state index contributed by atoms with van der Waals surface area (Å²) in [6.45, 7) is 9.08. The topological polar surface area (TPSA) is 206 Å². The summed E-state index contributed by atoms with van der Waals surface area (Å²) in [7, 11) is 0. The van der Waals surface area contributed by atoms with Gasteiger partial charge in [0.2, 0.25) is 5.82 Å². The van der Waals surface area contributed by atoms with Gasteiger partial charge in [-0.3, -0.25) is 4.79 Å². The molecule has 0 radical (unpaired) electrons. The van der Waals surface area contributed by atoms with Crippen LogP contribution in [-0.4, -0.2) is 74.5 Å². The number of nitrogens with zero attached hydrogens (tertiary/aromatic N) is 3. The standard InChI is InChI=1S/C27H39N7O.2C2HF3O2/c1-15-9-10-18-17(13-15)22(31-19-7-5-6-8-20(19)32-25(28)29)34-23(30-18)24(35)33-21-14-16-11-12-27(21,4)26(16,2)3;2*3-2(4,5)1(6)7/h9-10,13,16,19-21H,5-8,11-12,14H2,1-4H3,(H,33,35)(H4,28,29,32)(H,30,31,34);2*(H,6,7). The molecule has 0 saturated heterocycles. The molecule has 0 aliphatic heterocycles. The van der Waals surface area contributed by atoms with Crippen LogP contribution in [0.4, 0.5) is 32.2 Å².